The summed E-state index contributed by atoms with van der Waals surface area (Å²) in [5.41, 5.74) is 5.76. The molecule has 5 heteroatoms. The van der Waals surface area contributed by atoms with Gasteiger partial charge in [0.2, 0.25) is 0 Å². The van der Waals surface area contributed by atoms with E-state index in [9.17, 15) is 4.79 Å². The lowest BCUT2D eigenvalue weighted by molar-refractivity contribution is 0.0229. The predicted octanol–water partition coefficient (Wildman–Crippen LogP) is 5.38. The summed E-state index contributed by atoms with van der Waals surface area (Å²) >= 11 is 0. The molecule has 5 rings (SSSR count). The number of benzene rings is 2. The van der Waals surface area contributed by atoms with Crippen LogP contribution in [0.5, 0.6) is 5.75 Å². The first-order chi connectivity index (χ1) is 15.3. The van der Waals surface area contributed by atoms with E-state index in [-0.39, 0.29) is 5.78 Å². The molecule has 5 nitrogen and oxygen atoms in total. The summed E-state index contributed by atoms with van der Waals surface area (Å²) in [7, 11) is 0. The van der Waals surface area contributed by atoms with E-state index in [0.717, 1.165) is 71.3 Å². The van der Waals surface area contributed by atoms with Crippen LogP contribution in [0.25, 0.3) is 11.3 Å². The van der Waals surface area contributed by atoms with Crippen molar-refractivity contribution in [2.75, 3.05) is 18.0 Å². The number of aryl methyl sites for hydroxylation is 4. The van der Waals surface area contributed by atoms with Crippen LogP contribution in [0, 0.1) is 27.7 Å². The van der Waals surface area contributed by atoms with E-state index in [2.05, 4.69) is 53.2 Å². The average molecular weight is 428 g/mol. The zero-order valence-corrected chi connectivity index (χ0v) is 19.2. The second-order valence-corrected chi connectivity index (χ2v) is 9.35. The van der Waals surface area contributed by atoms with E-state index >= 15 is 0 Å². The van der Waals surface area contributed by atoms with Crippen molar-refractivity contribution >= 4 is 11.6 Å². The highest BCUT2D eigenvalue weighted by molar-refractivity contribution is 6.01. The maximum atomic E-state index is 13.0. The normalized spacial score (nSPS) is 17.2. The number of piperidine rings is 1. The van der Waals surface area contributed by atoms with Crippen molar-refractivity contribution in [2.24, 2.45) is 0 Å². The molecule has 2 aliphatic heterocycles. The molecule has 2 aromatic carbocycles. The third-order valence-corrected chi connectivity index (χ3v) is 6.70. The zero-order chi connectivity index (χ0) is 22.5. The third kappa shape index (κ3) is 3.77. The average Bonchev–Trinajstić information content (AvgIpc) is 2.73. The minimum absolute atomic E-state index is 0.205. The number of carbonyl (C=O) groups is 1. The molecule has 0 aliphatic carbocycles. The molecule has 2 aliphatic rings. The number of aromatic nitrogens is 2. The summed E-state index contributed by atoms with van der Waals surface area (Å²) < 4.78 is 6.52. The van der Waals surface area contributed by atoms with Crippen molar-refractivity contribution in [3.8, 4) is 17.0 Å². The number of rotatable bonds is 2. The van der Waals surface area contributed by atoms with Crippen molar-refractivity contribution < 1.29 is 9.53 Å². The monoisotopic (exact) mass is 427 g/mol. The Morgan fingerprint density at radius 2 is 1.62 bits per heavy atom. The quantitative estimate of drug-likeness (QED) is 0.549. The Morgan fingerprint density at radius 1 is 0.906 bits per heavy atom. The summed E-state index contributed by atoms with van der Waals surface area (Å²) in [6.07, 6.45) is 2.05. The largest absolute Gasteiger partial charge is 0.486 e. The minimum atomic E-state index is -0.414. The highest BCUT2D eigenvalue weighted by Crippen LogP contribution is 2.41. The number of ether oxygens (including phenoxy) is 1. The molecule has 3 aromatic rings. The lowest BCUT2D eigenvalue weighted by Crippen LogP contribution is -2.51. The molecule has 0 bridgehead atoms. The molecule has 32 heavy (non-hydrogen) atoms. The highest BCUT2D eigenvalue weighted by atomic mass is 16.5. The lowest BCUT2D eigenvalue weighted by atomic mass is 9.81. The molecule has 0 saturated carbocycles. The minimum Gasteiger partial charge on any atom is -0.486 e. The van der Waals surface area contributed by atoms with Crippen molar-refractivity contribution in [1.82, 2.24) is 9.97 Å². The predicted molar refractivity (Wildman–Crippen MR) is 127 cm³/mol. The standard InChI is InChI=1S/C27H29N3O2/c1-17-5-7-21(8-6-17)22-15-25(29-20(4)28-22)30-11-9-27(10-12-30)16-23(31)26-19(3)13-18(2)14-24(26)32-27/h5-8,13-15H,9-12,16H2,1-4H3. The van der Waals surface area contributed by atoms with Crippen molar-refractivity contribution in [3.63, 3.8) is 0 Å². The van der Waals surface area contributed by atoms with Gasteiger partial charge in [-0.3, -0.25) is 4.79 Å². The number of hydrogen-bond donors (Lipinski definition) is 0. The number of carbonyl (C=O) groups excluding carboxylic acids is 1. The first-order valence-corrected chi connectivity index (χ1v) is 11.3. The van der Waals surface area contributed by atoms with E-state index in [4.69, 9.17) is 9.72 Å². The van der Waals surface area contributed by atoms with Crippen molar-refractivity contribution in [1.29, 1.82) is 0 Å². The second-order valence-electron chi connectivity index (χ2n) is 9.35. The number of hydrogen-bond acceptors (Lipinski definition) is 5. The molecule has 0 unspecified atom stereocenters. The van der Waals surface area contributed by atoms with Gasteiger partial charge < -0.3 is 9.64 Å². The van der Waals surface area contributed by atoms with Gasteiger partial charge in [0, 0.05) is 37.6 Å². The van der Waals surface area contributed by atoms with Crippen LogP contribution in [0.2, 0.25) is 0 Å². The molecule has 164 valence electrons. The van der Waals surface area contributed by atoms with Gasteiger partial charge in [0.05, 0.1) is 17.7 Å². The van der Waals surface area contributed by atoms with Crippen LogP contribution in [-0.2, 0) is 0 Å². The van der Waals surface area contributed by atoms with E-state index in [1.165, 1.54) is 5.56 Å². The van der Waals surface area contributed by atoms with Crippen LogP contribution in [-0.4, -0.2) is 34.4 Å². The molecular formula is C27H29N3O2. The molecular weight excluding hydrogens is 398 g/mol. The summed E-state index contributed by atoms with van der Waals surface area (Å²) in [4.78, 5) is 24.7. The molecule has 0 amide bonds. The Morgan fingerprint density at radius 3 is 2.34 bits per heavy atom. The van der Waals surface area contributed by atoms with Gasteiger partial charge in [0.15, 0.2) is 5.78 Å². The van der Waals surface area contributed by atoms with Gasteiger partial charge in [-0.1, -0.05) is 35.9 Å². The van der Waals surface area contributed by atoms with Crippen LogP contribution < -0.4 is 9.64 Å². The smallest absolute Gasteiger partial charge is 0.170 e. The van der Waals surface area contributed by atoms with Gasteiger partial charge in [-0.2, -0.15) is 0 Å². The lowest BCUT2D eigenvalue weighted by Gasteiger charge is -2.44. The number of ketones is 1. The number of anilines is 1. The maximum absolute atomic E-state index is 13.0. The van der Waals surface area contributed by atoms with E-state index in [1.54, 1.807) is 0 Å². The molecule has 0 N–H and O–H groups in total. The van der Waals surface area contributed by atoms with Gasteiger partial charge in [0.25, 0.3) is 0 Å². The van der Waals surface area contributed by atoms with Gasteiger partial charge in [0.1, 0.15) is 23.0 Å². The summed E-state index contributed by atoms with van der Waals surface area (Å²) in [6, 6.07) is 14.6. The van der Waals surface area contributed by atoms with Gasteiger partial charge in [-0.05, 0) is 44.9 Å². The fourth-order valence-electron chi connectivity index (χ4n) is 5.03. The molecule has 0 radical (unpaired) electrons. The Balaban J connectivity index is 1.37. The molecule has 1 spiro atoms. The van der Waals surface area contributed by atoms with E-state index in [1.807, 2.05) is 26.8 Å². The molecule has 1 aromatic heterocycles. The fourth-order valence-corrected chi connectivity index (χ4v) is 5.03. The van der Waals surface area contributed by atoms with Crippen LogP contribution in [0.3, 0.4) is 0 Å². The van der Waals surface area contributed by atoms with Crippen LogP contribution in [0.15, 0.2) is 42.5 Å². The first-order valence-electron chi connectivity index (χ1n) is 11.3. The topological polar surface area (TPSA) is 55.3 Å². The maximum Gasteiger partial charge on any atom is 0.170 e. The van der Waals surface area contributed by atoms with Crippen molar-refractivity contribution in [3.05, 3.63) is 70.5 Å². The first kappa shape index (κ1) is 20.7. The van der Waals surface area contributed by atoms with E-state index in [0.29, 0.717) is 6.42 Å². The highest BCUT2D eigenvalue weighted by Gasteiger charge is 2.43. The summed E-state index contributed by atoms with van der Waals surface area (Å²) in [6.45, 7) is 9.68. The number of Topliss-reactive ketones (excluding diaryl/α,β-unsaturated/α-hetero) is 1. The van der Waals surface area contributed by atoms with E-state index < -0.39 is 5.60 Å². The Hall–Kier alpha value is -3.21. The summed E-state index contributed by atoms with van der Waals surface area (Å²) in [5.74, 6) is 2.67. The fraction of sp³-hybridized carbons (Fsp3) is 0.370. The van der Waals surface area contributed by atoms with Gasteiger partial charge in [-0.15, -0.1) is 0 Å². The SMILES string of the molecule is Cc1ccc(-c2cc(N3CCC4(CC3)CC(=O)c3c(C)cc(C)cc3O4)nc(C)n2)cc1. The molecule has 3 heterocycles. The second kappa shape index (κ2) is 7.73. The third-order valence-electron chi connectivity index (χ3n) is 6.70. The zero-order valence-electron chi connectivity index (χ0n) is 19.2. The number of fused-ring (bicyclic) bond motifs is 1. The van der Waals surface area contributed by atoms with Crippen molar-refractivity contribution in [2.45, 2.75) is 52.6 Å². The van der Waals surface area contributed by atoms with Crippen LogP contribution >= 0.6 is 0 Å². The molecule has 1 saturated heterocycles. The summed E-state index contributed by atoms with van der Waals surface area (Å²) in [5, 5.41) is 0. The van der Waals surface area contributed by atoms with Gasteiger partial charge in [-0.25, -0.2) is 9.97 Å². The number of nitrogens with zero attached hydrogens (tertiary/aromatic N) is 3. The Labute approximate surface area is 189 Å². The Bertz CT molecular complexity index is 1190. The van der Waals surface area contributed by atoms with Gasteiger partial charge >= 0.3 is 0 Å². The van der Waals surface area contributed by atoms with Crippen LogP contribution in [0.1, 0.15) is 52.1 Å². The Kier molecular flexibility index (Phi) is 5.00. The molecule has 1 fully saturated rings. The van der Waals surface area contributed by atoms with Crippen LogP contribution in [0.4, 0.5) is 5.82 Å². The molecule has 0 atom stereocenters.